The lowest BCUT2D eigenvalue weighted by molar-refractivity contribution is -0.155. The molecule has 17 heteroatoms. The Hall–Kier alpha value is -6.04. The standard InChI is InChI=1S/C52H67N7O10/c1-9-58-43-15-14-33-24-39(43)40(46(58)38-12-10-17-53-44(38)31(4)66-8)25-52(5,6)29-68-50(64)41-13-11-18-59(55-41)49(63)42(22-32-20-35(33)23-36(60)21-32)54-47(61)45(30(2)3)56(7)48(62)34-16-19-57(26-34)51(65)69-37-27-67-28-37/h10,12,14-15,17,20-21,23-24,30-31,34,37,41-42,45,55,60H,9,11,13,16,18-19,22,25-29H2,1-8H3,(H,54,61)/t31-,34-,41-,42-,45?/m0/s1. The van der Waals surface area contributed by atoms with E-state index in [1.54, 1.807) is 32.5 Å². The molecule has 0 radical (unpaired) electrons. The highest BCUT2D eigenvalue weighted by Gasteiger charge is 2.41. The lowest BCUT2D eigenvalue weighted by atomic mass is 9.84. The number of likely N-dealkylation sites (N-methyl/N-ethyl adjacent to an activating group) is 1. The number of hydrogen-bond donors (Lipinski definition) is 3. The van der Waals surface area contributed by atoms with Crippen LogP contribution < -0.4 is 10.7 Å². The third-order valence-electron chi connectivity index (χ3n) is 14.0. The van der Waals surface area contributed by atoms with Gasteiger partial charge in [0, 0.05) is 74.8 Å². The van der Waals surface area contributed by atoms with Crippen molar-refractivity contribution in [2.24, 2.45) is 17.3 Å². The first kappa shape index (κ1) is 49.4. The number of aromatic nitrogens is 2. The number of aryl methyl sites for hydroxylation is 1. The molecular weight excluding hydrogens is 883 g/mol. The number of hydrogen-bond acceptors (Lipinski definition) is 12. The van der Waals surface area contributed by atoms with Crippen molar-refractivity contribution in [1.82, 2.24) is 35.1 Å². The summed E-state index contributed by atoms with van der Waals surface area (Å²) in [5.41, 5.74) is 9.49. The van der Waals surface area contributed by atoms with Crippen molar-refractivity contribution in [3.63, 3.8) is 0 Å². The number of likely N-dealkylation sites (tertiary alicyclic amines) is 1. The summed E-state index contributed by atoms with van der Waals surface area (Å²) in [4.78, 5) is 77.9. The van der Waals surface area contributed by atoms with Crippen LogP contribution in [0.15, 0.2) is 54.7 Å². The second-order valence-corrected chi connectivity index (χ2v) is 20.1. The molecule has 0 saturated carbocycles. The van der Waals surface area contributed by atoms with Gasteiger partial charge in [-0.1, -0.05) is 39.8 Å². The number of fused-ring (bicyclic) bond motifs is 6. The maximum Gasteiger partial charge on any atom is 0.410 e. The molecule has 2 aromatic heterocycles. The molecule has 4 aliphatic heterocycles. The number of pyridine rings is 1. The minimum Gasteiger partial charge on any atom is -0.508 e. The summed E-state index contributed by atoms with van der Waals surface area (Å²) in [6, 6.07) is 12.4. The van der Waals surface area contributed by atoms with E-state index < -0.39 is 53.3 Å². The smallest absolute Gasteiger partial charge is 0.410 e. The van der Waals surface area contributed by atoms with Crippen LogP contribution in [-0.2, 0) is 57.5 Å². The van der Waals surface area contributed by atoms with Gasteiger partial charge in [-0.25, -0.2) is 10.2 Å². The second kappa shape index (κ2) is 20.5. The summed E-state index contributed by atoms with van der Waals surface area (Å²) in [6.07, 6.45) is 2.55. The number of esters is 1. The Labute approximate surface area is 403 Å². The highest BCUT2D eigenvalue weighted by atomic mass is 16.6. The number of hydrazine groups is 1. The van der Waals surface area contributed by atoms with Crippen LogP contribution in [0.3, 0.4) is 0 Å². The highest BCUT2D eigenvalue weighted by molar-refractivity contribution is 5.96. The van der Waals surface area contributed by atoms with Crippen molar-refractivity contribution < 1.29 is 48.0 Å². The number of phenolic OH excluding ortho intramolecular Hbond substituents is 1. The number of cyclic esters (lactones) is 1. The van der Waals surface area contributed by atoms with Gasteiger partial charge in [-0.05, 0) is 104 Å². The molecule has 0 aliphatic carbocycles. The maximum atomic E-state index is 14.8. The number of carbonyl (C=O) groups is 5. The number of methoxy groups -OCH3 is 1. The van der Waals surface area contributed by atoms with Crippen molar-refractivity contribution in [2.45, 2.75) is 111 Å². The van der Waals surface area contributed by atoms with Gasteiger partial charge in [-0.15, -0.1) is 0 Å². The van der Waals surface area contributed by atoms with Gasteiger partial charge in [0.15, 0.2) is 6.10 Å². The topological polar surface area (TPSA) is 194 Å². The Morgan fingerprint density at radius 1 is 1.04 bits per heavy atom. The zero-order valence-electron chi connectivity index (χ0n) is 41.1. The predicted molar refractivity (Wildman–Crippen MR) is 257 cm³/mol. The van der Waals surface area contributed by atoms with E-state index in [9.17, 15) is 29.1 Å². The quantitative estimate of drug-likeness (QED) is 0.162. The number of phenols is 1. The Balaban J connectivity index is 1.16. The predicted octanol–water partition coefficient (Wildman–Crippen LogP) is 5.79. The minimum atomic E-state index is -1.18. The molecule has 2 aromatic carbocycles. The van der Waals surface area contributed by atoms with Crippen LogP contribution in [-0.4, -0.2) is 137 Å². The average molecular weight is 950 g/mol. The molecule has 3 saturated heterocycles. The van der Waals surface area contributed by atoms with Crippen LogP contribution in [0.5, 0.6) is 5.75 Å². The zero-order chi connectivity index (χ0) is 49.3. The fourth-order valence-corrected chi connectivity index (χ4v) is 10.3. The van der Waals surface area contributed by atoms with Crippen molar-refractivity contribution in [3.05, 3.63) is 71.5 Å². The van der Waals surface area contributed by atoms with Crippen LogP contribution >= 0.6 is 0 Å². The molecule has 0 spiro atoms. The molecule has 6 bridgehead atoms. The van der Waals surface area contributed by atoms with Gasteiger partial charge in [-0.2, -0.15) is 0 Å². The monoisotopic (exact) mass is 949 g/mol. The van der Waals surface area contributed by atoms with E-state index in [1.165, 1.54) is 14.8 Å². The van der Waals surface area contributed by atoms with Crippen molar-refractivity contribution in [2.75, 3.05) is 53.6 Å². The van der Waals surface area contributed by atoms with Gasteiger partial charge in [0.05, 0.1) is 43.2 Å². The van der Waals surface area contributed by atoms with Gasteiger partial charge >= 0.3 is 12.1 Å². The summed E-state index contributed by atoms with van der Waals surface area (Å²) in [5, 5.41) is 16.7. The summed E-state index contributed by atoms with van der Waals surface area (Å²) in [6.45, 7) is 14.1. The molecule has 4 aliphatic rings. The summed E-state index contributed by atoms with van der Waals surface area (Å²) in [7, 11) is 3.24. The van der Waals surface area contributed by atoms with E-state index >= 15 is 0 Å². The number of amides is 4. The Morgan fingerprint density at radius 3 is 2.54 bits per heavy atom. The Kier molecular flexibility index (Phi) is 14.7. The summed E-state index contributed by atoms with van der Waals surface area (Å²) in [5.74, 6) is -2.74. The van der Waals surface area contributed by atoms with E-state index in [4.69, 9.17) is 23.9 Å². The fraction of sp³-hybridized carbons (Fsp3) is 0.538. The number of nitrogens with one attached hydrogen (secondary N) is 2. The first-order chi connectivity index (χ1) is 33.0. The lowest BCUT2D eigenvalue weighted by Gasteiger charge is -2.37. The van der Waals surface area contributed by atoms with Crippen molar-refractivity contribution >= 4 is 40.7 Å². The first-order valence-corrected chi connectivity index (χ1v) is 24.3. The van der Waals surface area contributed by atoms with E-state index in [-0.39, 0.29) is 55.9 Å². The Bertz CT molecular complexity index is 2590. The maximum absolute atomic E-state index is 14.8. The molecule has 370 valence electrons. The van der Waals surface area contributed by atoms with E-state index in [0.717, 1.165) is 39.0 Å². The number of benzene rings is 2. The second-order valence-electron chi connectivity index (χ2n) is 20.1. The van der Waals surface area contributed by atoms with Crippen molar-refractivity contribution in [3.8, 4) is 28.1 Å². The molecule has 4 amide bonds. The third kappa shape index (κ3) is 10.5. The number of carbonyl (C=O) groups excluding carboxylic acids is 5. The van der Waals surface area contributed by atoms with Gasteiger partial charge < -0.3 is 43.7 Å². The SMILES string of the molecule is CCn1c(-c2cccnc2[C@H](C)OC)c2c3cc(ccc31)-c1cc(O)cc(c1)C[C@H](NC(=O)C(C(C)C)N(C)C(=O)[C@H]1CCN(C(=O)OC3COC3)C1)C(=O)N1CCC[C@H](N1)C(=O)OCC(C)(C)C2. The van der Waals surface area contributed by atoms with E-state index in [2.05, 4.69) is 54.3 Å². The number of nitrogens with zero attached hydrogens (tertiary/aromatic N) is 5. The zero-order valence-corrected chi connectivity index (χ0v) is 41.1. The number of ether oxygens (including phenoxy) is 4. The molecule has 17 nitrogen and oxygen atoms in total. The van der Waals surface area contributed by atoms with Gasteiger partial charge in [0.2, 0.25) is 11.8 Å². The average Bonchev–Trinajstić information content (AvgIpc) is 3.93. The number of aromatic hydroxyl groups is 1. The van der Waals surface area contributed by atoms with Crippen LogP contribution in [0.2, 0.25) is 0 Å². The molecule has 69 heavy (non-hydrogen) atoms. The van der Waals surface area contributed by atoms with Crippen LogP contribution in [0.25, 0.3) is 33.3 Å². The molecule has 1 unspecified atom stereocenters. The highest BCUT2D eigenvalue weighted by Crippen LogP contribution is 2.42. The molecule has 4 aromatic rings. The third-order valence-corrected chi connectivity index (χ3v) is 14.0. The first-order valence-electron chi connectivity index (χ1n) is 24.3. The molecule has 6 heterocycles. The van der Waals surface area contributed by atoms with Gasteiger partial charge in [0.25, 0.3) is 5.91 Å². The molecule has 3 N–H and O–H groups in total. The van der Waals surface area contributed by atoms with E-state index in [1.807, 2.05) is 39.0 Å². The van der Waals surface area contributed by atoms with Crippen molar-refractivity contribution in [1.29, 1.82) is 0 Å². The molecular formula is C52H67N7O10. The summed E-state index contributed by atoms with van der Waals surface area (Å²) < 4.78 is 24.8. The molecule has 8 rings (SSSR count). The minimum absolute atomic E-state index is 0.0175. The fourth-order valence-electron chi connectivity index (χ4n) is 10.3. The van der Waals surface area contributed by atoms with Gasteiger partial charge in [-0.3, -0.25) is 29.2 Å². The Morgan fingerprint density at radius 2 is 1.83 bits per heavy atom. The lowest BCUT2D eigenvalue weighted by Crippen LogP contribution is -2.62. The summed E-state index contributed by atoms with van der Waals surface area (Å²) >= 11 is 0. The molecule has 5 atom stereocenters. The van der Waals surface area contributed by atoms with Gasteiger partial charge in [0.1, 0.15) is 23.9 Å². The molecule has 3 fully saturated rings. The normalized spacial score (nSPS) is 21.8. The largest absolute Gasteiger partial charge is 0.508 e. The van der Waals surface area contributed by atoms with Crippen LogP contribution in [0.1, 0.15) is 83.7 Å². The van der Waals surface area contributed by atoms with E-state index in [0.29, 0.717) is 63.1 Å². The number of rotatable bonds is 10. The van der Waals surface area contributed by atoms with Crippen LogP contribution in [0.4, 0.5) is 4.79 Å². The van der Waals surface area contributed by atoms with Crippen LogP contribution in [0, 0.1) is 17.3 Å².